The molecule has 2 rings (SSSR count). The van der Waals surface area contributed by atoms with Crippen LogP contribution in [0.15, 0.2) is 34.6 Å². The van der Waals surface area contributed by atoms with Crippen LogP contribution in [0.1, 0.15) is 16.3 Å². The van der Waals surface area contributed by atoms with Gasteiger partial charge in [-0.3, -0.25) is 4.99 Å². The average molecular weight is 514 g/mol. The first-order valence-electron chi connectivity index (χ1n) is 8.00. The molecule has 2 N–H and O–H groups in total. The number of hydrogen-bond donors (Lipinski definition) is 2. The number of benzene rings is 1. The minimum Gasteiger partial charge on any atom is -0.484 e. The molecule has 1 aromatic carbocycles. The van der Waals surface area contributed by atoms with Gasteiger partial charge in [-0.05, 0) is 24.6 Å². The van der Waals surface area contributed by atoms with Gasteiger partial charge in [0.25, 0.3) is 0 Å². The Labute approximate surface area is 177 Å². The van der Waals surface area contributed by atoms with Crippen LogP contribution in [0.2, 0.25) is 0 Å². The van der Waals surface area contributed by atoms with Gasteiger partial charge < -0.3 is 15.4 Å². The highest BCUT2D eigenvalue weighted by Crippen LogP contribution is 2.18. The van der Waals surface area contributed by atoms with Crippen molar-refractivity contribution in [2.24, 2.45) is 4.99 Å². The lowest BCUT2D eigenvalue weighted by Gasteiger charge is -2.12. The summed E-state index contributed by atoms with van der Waals surface area (Å²) < 4.78 is 41.0. The molecular weight excluding hydrogens is 492 g/mol. The fraction of sp³-hybridized carbons (Fsp3) is 0.412. The summed E-state index contributed by atoms with van der Waals surface area (Å²) in [6.45, 7) is 1.88. The summed E-state index contributed by atoms with van der Waals surface area (Å²) in [6.07, 6.45) is -3.54. The number of nitrogens with zero attached hydrogens (tertiary/aromatic N) is 2. The van der Waals surface area contributed by atoms with Gasteiger partial charge in [-0.1, -0.05) is 12.1 Å². The molecule has 1 aromatic heterocycles. The SMILES string of the molecule is CN=C(NCCc1csc(C)n1)NCc1ccc(OCC(F)(F)F)cc1.I. The summed E-state index contributed by atoms with van der Waals surface area (Å²) in [6, 6.07) is 6.46. The first-order valence-corrected chi connectivity index (χ1v) is 8.88. The molecule has 0 saturated carbocycles. The van der Waals surface area contributed by atoms with Crippen molar-refractivity contribution >= 4 is 41.3 Å². The van der Waals surface area contributed by atoms with Crippen molar-refractivity contribution in [3.63, 3.8) is 0 Å². The molecule has 10 heteroatoms. The monoisotopic (exact) mass is 514 g/mol. The van der Waals surface area contributed by atoms with E-state index in [9.17, 15) is 13.2 Å². The molecule has 0 aliphatic rings. The van der Waals surface area contributed by atoms with Crippen LogP contribution in [0.3, 0.4) is 0 Å². The molecule has 0 atom stereocenters. The average Bonchev–Trinajstić information content (AvgIpc) is 3.01. The molecule has 0 radical (unpaired) electrons. The zero-order valence-corrected chi connectivity index (χ0v) is 18.1. The van der Waals surface area contributed by atoms with Crippen LogP contribution in [0.25, 0.3) is 0 Å². The Bertz CT molecular complexity index is 720. The molecule has 150 valence electrons. The minimum atomic E-state index is -4.34. The van der Waals surface area contributed by atoms with Crippen LogP contribution in [-0.2, 0) is 13.0 Å². The molecule has 27 heavy (non-hydrogen) atoms. The van der Waals surface area contributed by atoms with Gasteiger partial charge >= 0.3 is 6.18 Å². The van der Waals surface area contributed by atoms with E-state index >= 15 is 0 Å². The molecule has 2 aromatic rings. The molecule has 5 nitrogen and oxygen atoms in total. The van der Waals surface area contributed by atoms with Gasteiger partial charge in [0.1, 0.15) is 5.75 Å². The highest BCUT2D eigenvalue weighted by atomic mass is 127. The van der Waals surface area contributed by atoms with Crippen LogP contribution >= 0.6 is 35.3 Å². The Balaban J connectivity index is 0.00000364. The summed E-state index contributed by atoms with van der Waals surface area (Å²) in [4.78, 5) is 8.54. The lowest BCUT2D eigenvalue weighted by molar-refractivity contribution is -0.153. The van der Waals surface area contributed by atoms with E-state index in [1.54, 1.807) is 30.5 Å². The number of ether oxygens (including phenoxy) is 1. The molecule has 0 unspecified atom stereocenters. The quantitative estimate of drug-likeness (QED) is 0.334. The summed E-state index contributed by atoms with van der Waals surface area (Å²) in [5, 5.41) is 9.44. The lowest BCUT2D eigenvalue weighted by Crippen LogP contribution is -2.37. The molecule has 0 aliphatic heterocycles. The van der Waals surface area contributed by atoms with Crippen LogP contribution in [0.5, 0.6) is 5.75 Å². The molecule has 0 amide bonds. The number of halogens is 4. The number of hydrogen-bond acceptors (Lipinski definition) is 4. The van der Waals surface area contributed by atoms with Gasteiger partial charge in [0, 0.05) is 31.9 Å². The predicted octanol–water partition coefficient (Wildman–Crippen LogP) is 3.92. The number of guanidine groups is 1. The first kappa shape index (κ1) is 23.5. The normalized spacial score (nSPS) is 11.7. The zero-order chi connectivity index (χ0) is 19.0. The van der Waals surface area contributed by atoms with E-state index in [1.807, 2.05) is 12.3 Å². The van der Waals surface area contributed by atoms with E-state index in [2.05, 4.69) is 25.3 Å². The van der Waals surface area contributed by atoms with Crippen LogP contribution in [0.4, 0.5) is 13.2 Å². The molecule has 0 spiro atoms. The number of aryl methyl sites for hydroxylation is 1. The van der Waals surface area contributed by atoms with E-state index in [0.29, 0.717) is 19.0 Å². The van der Waals surface area contributed by atoms with E-state index in [4.69, 9.17) is 0 Å². The van der Waals surface area contributed by atoms with Crippen molar-refractivity contribution in [2.45, 2.75) is 26.1 Å². The first-order chi connectivity index (χ1) is 12.4. The topological polar surface area (TPSA) is 58.5 Å². The smallest absolute Gasteiger partial charge is 0.422 e. The predicted molar refractivity (Wildman–Crippen MR) is 112 cm³/mol. The molecule has 0 fully saturated rings. The van der Waals surface area contributed by atoms with Crippen molar-refractivity contribution in [1.29, 1.82) is 0 Å². The fourth-order valence-corrected chi connectivity index (χ4v) is 2.75. The van der Waals surface area contributed by atoms with Crippen molar-refractivity contribution in [3.8, 4) is 5.75 Å². The maximum atomic E-state index is 12.1. The fourth-order valence-electron chi connectivity index (χ4n) is 2.11. The van der Waals surface area contributed by atoms with Gasteiger partial charge in [0.15, 0.2) is 12.6 Å². The summed E-state index contributed by atoms with van der Waals surface area (Å²) >= 11 is 1.62. The largest absolute Gasteiger partial charge is 0.484 e. The van der Waals surface area contributed by atoms with Crippen LogP contribution in [0, 0.1) is 6.92 Å². The van der Waals surface area contributed by atoms with Crippen molar-refractivity contribution in [1.82, 2.24) is 15.6 Å². The second kappa shape index (κ2) is 11.3. The lowest BCUT2D eigenvalue weighted by atomic mass is 10.2. The number of rotatable bonds is 7. The molecule has 0 saturated heterocycles. The van der Waals surface area contributed by atoms with E-state index in [1.165, 1.54) is 12.1 Å². The minimum absolute atomic E-state index is 0. The highest BCUT2D eigenvalue weighted by Gasteiger charge is 2.28. The third-order valence-corrected chi connectivity index (χ3v) is 4.17. The van der Waals surface area contributed by atoms with E-state index in [-0.39, 0.29) is 29.7 Å². The molecular formula is C17H22F3IN4OS. The van der Waals surface area contributed by atoms with Gasteiger partial charge in [-0.2, -0.15) is 13.2 Å². The standard InChI is InChI=1S/C17H21F3N4OS.HI/c1-12-24-14(10-26-12)7-8-22-16(21-2)23-9-13-3-5-15(6-4-13)25-11-17(18,19)20;/h3-6,10H,7-9,11H2,1-2H3,(H2,21,22,23);1H. The molecule has 0 aliphatic carbocycles. The van der Waals surface area contributed by atoms with Gasteiger partial charge in [-0.25, -0.2) is 4.98 Å². The number of alkyl halides is 3. The maximum Gasteiger partial charge on any atom is 0.422 e. The summed E-state index contributed by atoms with van der Waals surface area (Å²) in [5.74, 6) is 0.835. The highest BCUT2D eigenvalue weighted by molar-refractivity contribution is 14.0. The Hall–Kier alpha value is -1.56. The number of nitrogens with one attached hydrogen (secondary N) is 2. The third kappa shape index (κ3) is 9.27. The third-order valence-electron chi connectivity index (χ3n) is 3.35. The van der Waals surface area contributed by atoms with E-state index in [0.717, 1.165) is 22.7 Å². The second-order valence-electron chi connectivity index (χ2n) is 5.51. The van der Waals surface area contributed by atoms with Crippen molar-refractivity contribution in [3.05, 3.63) is 45.9 Å². The number of aromatic nitrogens is 1. The van der Waals surface area contributed by atoms with Gasteiger partial charge in [-0.15, -0.1) is 35.3 Å². The Morgan fingerprint density at radius 1 is 1.22 bits per heavy atom. The maximum absolute atomic E-state index is 12.1. The Morgan fingerprint density at radius 2 is 1.93 bits per heavy atom. The molecule has 0 bridgehead atoms. The van der Waals surface area contributed by atoms with Gasteiger partial charge in [0.05, 0.1) is 10.7 Å². The molecule has 1 heterocycles. The number of aliphatic imine (C=N–C) groups is 1. The zero-order valence-electron chi connectivity index (χ0n) is 15.0. The van der Waals surface area contributed by atoms with Crippen molar-refractivity contribution in [2.75, 3.05) is 20.2 Å². The van der Waals surface area contributed by atoms with Crippen LogP contribution < -0.4 is 15.4 Å². The number of thiazole rings is 1. The second-order valence-corrected chi connectivity index (χ2v) is 6.57. The van der Waals surface area contributed by atoms with E-state index < -0.39 is 12.8 Å². The Morgan fingerprint density at radius 3 is 2.48 bits per heavy atom. The van der Waals surface area contributed by atoms with Crippen molar-refractivity contribution < 1.29 is 17.9 Å². The summed E-state index contributed by atoms with van der Waals surface area (Å²) in [5.41, 5.74) is 1.95. The van der Waals surface area contributed by atoms with Crippen LogP contribution in [-0.4, -0.2) is 37.3 Å². The summed E-state index contributed by atoms with van der Waals surface area (Å²) in [7, 11) is 1.68. The van der Waals surface area contributed by atoms with Gasteiger partial charge in [0.2, 0.25) is 0 Å². The Kier molecular flexibility index (Phi) is 9.84.